The first-order chi connectivity index (χ1) is 10.2. The lowest BCUT2D eigenvalue weighted by Gasteiger charge is -2.16. The summed E-state index contributed by atoms with van der Waals surface area (Å²) < 4.78 is 22.3. The molecule has 0 aliphatic rings. The molecule has 2 rings (SSSR count). The zero-order valence-corrected chi connectivity index (χ0v) is 13.8. The molecule has 0 fully saturated rings. The molecule has 0 N–H and O–H groups in total. The predicted octanol–water partition coefficient (Wildman–Crippen LogP) is 3.70. The van der Waals surface area contributed by atoms with Gasteiger partial charge >= 0.3 is 0 Å². The van der Waals surface area contributed by atoms with Gasteiger partial charge in [-0.3, -0.25) is 0 Å². The summed E-state index contributed by atoms with van der Waals surface area (Å²) in [5, 5.41) is 7.74. The van der Waals surface area contributed by atoms with Gasteiger partial charge in [-0.05, 0) is 32.9 Å². The molecule has 0 bridgehead atoms. The Morgan fingerprint density at radius 3 is 1.95 bits per heavy atom. The van der Waals surface area contributed by atoms with Crippen LogP contribution in [0.1, 0.15) is 20.8 Å². The first-order valence-electron chi connectivity index (χ1n) is 6.75. The molecule has 21 heavy (non-hydrogen) atoms. The van der Waals surface area contributed by atoms with E-state index in [4.69, 9.17) is 18.6 Å². The quantitative estimate of drug-likeness (QED) is 0.753. The van der Waals surface area contributed by atoms with Crippen LogP contribution in [0.4, 0.5) is 0 Å². The first-order valence-corrected chi connectivity index (χ1v) is 7.54. The molecule has 0 aliphatic heterocycles. The van der Waals surface area contributed by atoms with Gasteiger partial charge in [0.2, 0.25) is 11.6 Å². The SMILES string of the molecule is CCOc1cc(-c2nnc(Br)o2)cc(OCC)c1OCC. The van der Waals surface area contributed by atoms with E-state index in [2.05, 4.69) is 26.1 Å². The van der Waals surface area contributed by atoms with Crippen LogP contribution in [0.3, 0.4) is 0 Å². The van der Waals surface area contributed by atoms with Crippen LogP contribution in [0.15, 0.2) is 21.3 Å². The van der Waals surface area contributed by atoms with Gasteiger partial charge < -0.3 is 18.6 Å². The highest BCUT2D eigenvalue weighted by molar-refractivity contribution is 9.10. The molecule has 0 amide bonds. The molecule has 1 aromatic heterocycles. The average molecular weight is 357 g/mol. The normalized spacial score (nSPS) is 10.5. The molecule has 6 nitrogen and oxygen atoms in total. The number of rotatable bonds is 7. The lowest BCUT2D eigenvalue weighted by atomic mass is 10.2. The molecule has 0 saturated carbocycles. The molecule has 0 aliphatic carbocycles. The molecule has 0 radical (unpaired) electrons. The van der Waals surface area contributed by atoms with E-state index in [9.17, 15) is 0 Å². The summed E-state index contributed by atoms with van der Waals surface area (Å²) in [4.78, 5) is 0.322. The number of ether oxygens (including phenoxy) is 3. The molecule has 0 atom stereocenters. The van der Waals surface area contributed by atoms with Crippen LogP contribution >= 0.6 is 15.9 Å². The van der Waals surface area contributed by atoms with Gasteiger partial charge in [0.1, 0.15) is 0 Å². The van der Waals surface area contributed by atoms with Gasteiger partial charge in [0, 0.05) is 21.5 Å². The van der Waals surface area contributed by atoms with Crippen molar-refractivity contribution < 1.29 is 18.6 Å². The standard InChI is InChI=1S/C14H17BrN2O4/c1-4-18-10-7-9(13-16-17-14(15)21-13)8-11(19-5-2)12(10)20-6-3/h7-8H,4-6H2,1-3H3. The second kappa shape index (κ2) is 7.31. The van der Waals surface area contributed by atoms with E-state index in [-0.39, 0.29) is 0 Å². The Labute approximate surface area is 131 Å². The molecular formula is C14H17BrN2O4. The Hall–Kier alpha value is -1.76. The largest absolute Gasteiger partial charge is 0.490 e. The third-order valence-electron chi connectivity index (χ3n) is 2.56. The maximum Gasteiger partial charge on any atom is 0.285 e. The van der Waals surface area contributed by atoms with Crippen molar-refractivity contribution >= 4 is 15.9 Å². The number of hydrogen-bond donors (Lipinski definition) is 0. The van der Waals surface area contributed by atoms with E-state index in [1.165, 1.54) is 0 Å². The van der Waals surface area contributed by atoms with Crippen LogP contribution in [0.2, 0.25) is 0 Å². The highest BCUT2D eigenvalue weighted by Crippen LogP contribution is 2.41. The first kappa shape index (κ1) is 15.6. The second-order valence-corrected chi connectivity index (χ2v) is 4.64. The number of hydrogen-bond acceptors (Lipinski definition) is 6. The van der Waals surface area contributed by atoms with Gasteiger partial charge in [0.15, 0.2) is 11.5 Å². The van der Waals surface area contributed by atoms with E-state index < -0.39 is 0 Å². The Bertz CT molecular complexity index is 573. The molecule has 0 spiro atoms. The van der Waals surface area contributed by atoms with Crippen LogP contribution < -0.4 is 14.2 Å². The smallest absolute Gasteiger partial charge is 0.285 e. The summed E-state index contributed by atoms with van der Waals surface area (Å²) in [7, 11) is 0. The fourth-order valence-electron chi connectivity index (χ4n) is 1.83. The van der Waals surface area contributed by atoms with Crippen LogP contribution in [-0.4, -0.2) is 30.0 Å². The number of halogens is 1. The van der Waals surface area contributed by atoms with Crippen molar-refractivity contribution in [3.63, 3.8) is 0 Å². The van der Waals surface area contributed by atoms with Crippen LogP contribution in [0.5, 0.6) is 17.2 Å². The van der Waals surface area contributed by atoms with Gasteiger partial charge in [-0.15, -0.1) is 10.2 Å². The van der Waals surface area contributed by atoms with Gasteiger partial charge in [-0.2, -0.15) is 0 Å². The average Bonchev–Trinajstić information content (AvgIpc) is 2.89. The summed E-state index contributed by atoms with van der Waals surface area (Å²) in [5.74, 6) is 2.15. The van der Waals surface area contributed by atoms with Gasteiger partial charge in [-0.1, -0.05) is 0 Å². The van der Waals surface area contributed by atoms with Gasteiger partial charge in [-0.25, -0.2) is 0 Å². The van der Waals surface area contributed by atoms with Crippen molar-refractivity contribution in [1.82, 2.24) is 10.2 Å². The van der Waals surface area contributed by atoms with Crippen LogP contribution in [0.25, 0.3) is 11.5 Å². The minimum atomic E-state index is 0.322. The second-order valence-electron chi connectivity index (χ2n) is 3.96. The minimum Gasteiger partial charge on any atom is -0.490 e. The van der Waals surface area contributed by atoms with Gasteiger partial charge in [0.25, 0.3) is 4.80 Å². The third kappa shape index (κ3) is 3.66. The topological polar surface area (TPSA) is 66.6 Å². The summed E-state index contributed by atoms with van der Waals surface area (Å²) in [5.41, 5.74) is 0.712. The van der Waals surface area contributed by atoms with E-state index in [0.29, 0.717) is 53.3 Å². The monoisotopic (exact) mass is 356 g/mol. The third-order valence-corrected chi connectivity index (χ3v) is 2.88. The molecule has 2 aromatic rings. The number of nitrogens with zero attached hydrogens (tertiary/aromatic N) is 2. The number of aromatic nitrogens is 2. The number of benzene rings is 1. The molecular weight excluding hydrogens is 340 g/mol. The zero-order chi connectivity index (χ0) is 15.2. The van der Waals surface area contributed by atoms with E-state index in [0.717, 1.165) is 0 Å². The summed E-state index contributed by atoms with van der Waals surface area (Å²) in [6.07, 6.45) is 0. The van der Waals surface area contributed by atoms with E-state index >= 15 is 0 Å². The lowest BCUT2D eigenvalue weighted by molar-refractivity contribution is 0.261. The Balaban J connectivity index is 2.51. The maximum atomic E-state index is 5.64. The van der Waals surface area contributed by atoms with Crippen molar-refractivity contribution in [2.75, 3.05) is 19.8 Å². The minimum absolute atomic E-state index is 0.322. The Morgan fingerprint density at radius 1 is 0.952 bits per heavy atom. The molecule has 1 aromatic carbocycles. The predicted molar refractivity (Wildman–Crippen MR) is 80.9 cm³/mol. The van der Waals surface area contributed by atoms with Crippen molar-refractivity contribution in [1.29, 1.82) is 0 Å². The van der Waals surface area contributed by atoms with Gasteiger partial charge in [0.05, 0.1) is 19.8 Å². The maximum absolute atomic E-state index is 5.64. The molecule has 114 valence electrons. The summed E-state index contributed by atoms with van der Waals surface area (Å²) in [6.45, 7) is 7.28. The Kier molecular flexibility index (Phi) is 5.44. The molecule has 1 heterocycles. The fourth-order valence-corrected chi connectivity index (χ4v) is 2.07. The van der Waals surface area contributed by atoms with Crippen LogP contribution in [0, 0.1) is 0 Å². The lowest BCUT2D eigenvalue weighted by Crippen LogP contribution is -2.03. The summed E-state index contributed by atoms with van der Waals surface area (Å²) in [6, 6.07) is 3.61. The highest BCUT2D eigenvalue weighted by Gasteiger charge is 2.18. The molecule has 0 unspecified atom stereocenters. The van der Waals surface area contributed by atoms with E-state index in [1.54, 1.807) is 12.1 Å². The van der Waals surface area contributed by atoms with Crippen molar-refractivity contribution in [3.05, 3.63) is 16.9 Å². The van der Waals surface area contributed by atoms with Crippen molar-refractivity contribution in [2.45, 2.75) is 20.8 Å². The highest BCUT2D eigenvalue weighted by atomic mass is 79.9. The molecule has 0 saturated heterocycles. The van der Waals surface area contributed by atoms with Crippen LogP contribution in [-0.2, 0) is 0 Å². The zero-order valence-electron chi connectivity index (χ0n) is 12.2. The van der Waals surface area contributed by atoms with Crippen molar-refractivity contribution in [2.24, 2.45) is 0 Å². The Morgan fingerprint density at radius 2 is 1.52 bits per heavy atom. The van der Waals surface area contributed by atoms with E-state index in [1.807, 2.05) is 20.8 Å². The fraction of sp³-hybridized carbons (Fsp3) is 0.429. The van der Waals surface area contributed by atoms with Crippen molar-refractivity contribution in [3.8, 4) is 28.7 Å². The summed E-state index contributed by atoms with van der Waals surface area (Å²) >= 11 is 3.14. The molecule has 7 heteroatoms.